The monoisotopic (exact) mass is 255 g/mol. The Bertz CT molecular complexity index is 558. The van der Waals surface area contributed by atoms with Gasteiger partial charge in [0.2, 0.25) is 0 Å². The van der Waals surface area contributed by atoms with Crippen molar-refractivity contribution in [2.24, 2.45) is 0 Å². The molecule has 0 radical (unpaired) electrons. The summed E-state index contributed by atoms with van der Waals surface area (Å²) in [6.45, 7) is 3.99. The van der Waals surface area contributed by atoms with Crippen LogP contribution in [0.1, 0.15) is 22.7 Å². The van der Waals surface area contributed by atoms with Gasteiger partial charge in [0.15, 0.2) is 6.04 Å². The molecule has 2 N–H and O–H groups in total. The van der Waals surface area contributed by atoms with Crippen molar-refractivity contribution in [3.63, 3.8) is 0 Å². The Morgan fingerprint density at radius 1 is 1.05 bits per heavy atom. The molecule has 0 aromatic heterocycles. The van der Waals surface area contributed by atoms with E-state index >= 15 is 0 Å². The molecule has 0 unspecified atom stereocenters. The predicted octanol–water partition coefficient (Wildman–Crippen LogP) is 3.54. The van der Waals surface area contributed by atoms with Crippen molar-refractivity contribution < 1.29 is 9.90 Å². The summed E-state index contributed by atoms with van der Waals surface area (Å²) in [5, 5.41) is 12.4. The molecule has 2 aromatic carbocycles. The summed E-state index contributed by atoms with van der Waals surface area (Å²) in [4.78, 5) is 11.4. The molecular formula is C16H17NO2. The van der Waals surface area contributed by atoms with Gasteiger partial charge in [0.05, 0.1) is 0 Å². The van der Waals surface area contributed by atoms with Crippen LogP contribution in [0.25, 0.3) is 0 Å². The van der Waals surface area contributed by atoms with Gasteiger partial charge in [-0.25, -0.2) is 4.79 Å². The van der Waals surface area contributed by atoms with Crippen molar-refractivity contribution in [2.75, 3.05) is 5.32 Å². The maximum Gasteiger partial charge on any atom is 0.330 e. The number of carbonyl (C=O) groups is 1. The topological polar surface area (TPSA) is 49.3 Å². The average molecular weight is 255 g/mol. The third-order valence-electron chi connectivity index (χ3n) is 2.91. The zero-order valence-electron chi connectivity index (χ0n) is 11.1. The lowest BCUT2D eigenvalue weighted by molar-refractivity contribution is -0.138. The van der Waals surface area contributed by atoms with Crippen molar-refractivity contribution in [3.05, 3.63) is 65.2 Å². The van der Waals surface area contributed by atoms with E-state index in [-0.39, 0.29) is 0 Å². The first kappa shape index (κ1) is 13.1. The van der Waals surface area contributed by atoms with Crippen molar-refractivity contribution in [1.29, 1.82) is 0 Å². The van der Waals surface area contributed by atoms with E-state index in [1.165, 1.54) is 0 Å². The SMILES string of the molecule is Cc1cc(C)cc(N[C@@H](C(=O)O)c2ccccc2)c1. The van der Waals surface area contributed by atoms with Crippen molar-refractivity contribution >= 4 is 11.7 Å². The van der Waals surface area contributed by atoms with Crippen LogP contribution < -0.4 is 5.32 Å². The lowest BCUT2D eigenvalue weighted by atomic mass is 10.1. The Labute approximate surface area is 112 Å². The lowest BCUT2D eigenvalue weighted by Crippen LogP contribution is -2.20. The van der Waals surface area contributed by atoms with Gasteiger partial charge in [-0.3, -0.25) is 0 Å². The molecule has 0 heterocycles. The first-order valence-electron chi connectivity index (χ1n) is 6.19. The predicted molar refractivity (Wildman–Crippen MR) is 76.4 cm³/mol. The van der Waals surface area contributed by atoms with E-state index in [0.717, 1.165) is 22.4 Å². The summed E-state index contributed by atoms with van der Waals surface area (Å²) in [5.74, 6) is -0.884. The number of carboxylic acid groups (broad SMARTS) is 1. The Hall–Kier alpha value is -2.29. The molecule has 0 saturated carbocycles. The number of aliphatic carboxylic acids is 1. The average Bonchev–Trinajstić information content (AvgIpc) is 2.35. The number of nitrogens with one attached hydrogen (secondary N) is 1. The third-order valence-corrected chi connectivity index (χ3v) is 2.91. The molecule has 0 aliphatic carbocycles. The summed E-state index contributed by atoms with van der Waals surface area (Å²) in [5.41, 5.74) is 3.79. The number of hydrogen-bond donors (Lipinski definition) is 2. The van der Waals surface area contributed by atoms with Crippen LogP contribution in [-0.2, 0) is 4.79 Å². The van der Waals surface area contributed by atoms with Crippen LogP contribution in [-0.4, -0.2) is 11.1 Å². The third kappa shape index (κ3) is 3.35. The molecule has 2 aromatic rings. The largest absolute Gasteiger partial charge is 0.479 e. The molecular weight excluding hydrogens is 238 g/mol. The highest BCUT2D eigenvalue weighted by molar-refractivity contribution is 5.79. The molecule has 0 amide bonds. The highest BCUT2D eigenvalue weighted by Crippen LogP contribution is 2.21. The summed E-state index contributed by atoms with van der Waals surface area (Å²) in [6, 6.07) is 14.4. The minimum Gasteiger partial charge on any atom is -0.479 e. The summed E-state index contributed by atoms with van der Waals surface area (Å²) in [6.07, 6.45) is 0. The Morgan fingerprint density at radius 2 is 1.63 bits per heavy atom. The van der Waals surface area contributed by atoms with Crippen molar-refractivity contribution in [1.82, 2.24) is 0 Å². The van der Waals surface area contributed by atoms with E-state index in [1.54, 1.807) is 0 Å². The highest BCUT2D eigenvalue weighted by atomic mass is 16.4. The second-order valence-electron chi connectivity index (χ2n) is 4.70. The first-order chi connectivity index (χ1) is 9.06. The molecule has 3 nitrogen and oxygen atoms in total. The summed E-state index contributed by atoms with van der Waals surface area (Å²) >= 11 is 0. The van der Waals surface area contributed by atoms with Crippen LogP contribution in [0.3, 0.4) is 0 Å². The molecule has 1 atom stereocenters. The van der Waals surface area contributed by atoms with Gasteiger partial charge < -0.3 is 10.4 Å². The second kappa shape index (κ2) is 5.57. The van der Waals surface area contributed by atoms with E-state index in [2.05, 4.69) is 11.4 Å². The zero-order valence-corrected chi connectivity index (χ0v) is 11.1. The number of rotatable bonds is 4. The molecule has 98 valence electrons. The maximum atomic E-state index is 11.4. The quantitative estimate of drug-likeness (QED) is 0.878. The van der Waals surface area contributed by atoms with Gasteiger partial charge in [-0.1, -0.05) is 36.4 Å². The molecule has 0 aliphatic rings. The normalized spacial score (nSPS) is 11.9. The fraction of sp³-hybridized carbons (Fsp3) is 0.188. The Morgan fingerprint density at radius 3 is 2.16 bits per heavy atom. The van der Waals surface area contributed by atoms with Crippen molar-refractivity contribution in [2.45, 2.75) is 19.9 Å². The van der Waals surface area contributed by atoms with Gasteiger partial charge in [0.25, 0.3) is 0 Å². The number of anilines is 1. The fourth-order valence-corrected chi connectivity index (χ4v) is 2.16. The minimum absolute atomic E-state index is 0.734. The lowest BCUT2D eigenvalue weighted by Gasteiger charge is -2.17. The summed E-state index contributed by atoms with van der Waals surface area (Å²) in [7, 11) is 0. The standard InChI is InChI=1S/C16H17NO2/c1-11-8-12(2)10-14(9-11)17-15(16(18)19)13-6-4-3-5-7-13/h3-10,15,17H,1-2H3,(H,18,19)/t15-/m1/s1. The van der Waals surface area contributed by atoms with Crippen LogP contribution in [0.2, 0.25) is 0 Å². The first-order valence-corrected chi connectivity index (χ1v) is 6.19. The van der Waals surface area contributed by atoms with E-state index in [9.17, 15) is 9.90 Å². The number of hydrogen-bond acceptors (Lipinski definition) is 2. The highest BCUT2D eigenvalue weighted by Gasteiger charge is 2.19. The minimum atomic E-state index is -0.884. The smallest absolute Gasteiger partial charge is 0.330 e. The molecule has 19 heavy (non-hydrogen) atoms. The summed E-state index contributed by atoms with van der Waals surface area (Å²) < 4.78 is 0. The second-order valence-corrected chi connectivity index (χ2v) is 4.70. The maximum absolute atomic E-state index is 11.4. The fourth-order valence-electron chi connectivity index (χ4n) is 2.16. The molecule has 0 fully saturated rings. The van der Waals surface area contributed by atoms with Gasteiger partial charge in [-0.05, 0) is 42.7 Å². The van der Waals surface area contributed by atoms with Gasteiger partial charge in [-0.15, -0.1) is 0 Å². The molecule has 2 rings (SSSR count). The molecule has 0 aliphatic heterocycles. The zero-order chi connectivity index (χ0) is 13.8. The van der Waals surface area contributed by atoms with E-state index < -0.39 is 12.0 Å². The van der Waals surface area contributed by atoms with Crippen LogP contribution in [0, 0.1) is 13.8 Å². The van der Waals surface area contributed by atoms with E-state index in [0.29, 0.717) is 0 Å². The van der Waals surface area contributed by atoms with Gasteiger partial charge in [-0.2, -0.15) is 0 Å². The van der Waals surface area contributed by atoms with Crippen molar-refractivity contribution in [3.8, 4) is 0 Å². The van der Waals surface area contributed by atoms with Crippen LogP contribution >= 0.6 is 0 Å². The van der Waals surface area contributed by atoms with Gasteiger partial charge >= 0.3 is 5.97 Å². The van der Waals surface area contributed by atoms with E-state index in [1.807, 2.05) is 56.3 Å². The number of aryl methyl sites for hydroxylation is 2. The van der Waals surface area contributed by atoms with Crippen LogP contribution in [0.5, 0.6) is 0 Å². The van der Waals surface area contributed by atoms with Crippen LogP contribution in [0.15, 0.2) is 48.5 Å². The molecule has 0 spiro atoms. The number of benzene rings is 2. The van der Waals surface area contributed by atoms with Gasteiger partial charge in [0, 0.05) is 5.69 Å². The Kier molecular flexibility index (Phi) is 3.85. The molecule has 3 heteroatoms. The van der Waals surface area contributed by atoms with Crippen LogP contribution in [0.4, 0.5) is 5.69 Å². The van der Waals surface area contributed by atoms with Gasteiger partial charge in [0.1, 0.15) is 0 Å². The molecule has 0 saturated heterocycles. The van der Waals surface area contributed by atoms with E-state index in [4.69, 9.17) is 0 Å². The number of carboxylic acids is 1. The Balaban J connectivity index is 2.29. The molecule has 0 bridgehead atoms.